The van der Waals surface area contributed by atoms with Crippen LogP contribution in [0.2, 0.25) is 5.02 Å². The van der Waals surface area contributed by atoms with Crippen molar-refractivity contribution in [3.8, 4) is 17.6 Å². The van der Waals surface area contributed by atoms with Crippen molar-refractivity contribution in [1.29, 1.82) is 0 Å². The molecular formula is C20H27Cl2N3O2. The topological polar surface area (TPSA) is 67.6 Å². The molecule has 0 radical (unpaired) electrons. The predicted molar refractivity (Wildman–Crippen MR) is 112 cm³/mol. The van der Waals surface area contributed by atoms with Gasteiger partial charge in [-0.15, -0.1) is 18.3 Å². The molecule has 3 N–H and O–H groups in total. The fraction of sp³-hybridized carbons (Fsp3) is 0.550. The van der Waals surface area contributed by atoms with Crippen molar-refractivity contribution in [1.82, 2.24) is 10.2 Å². The normalized spacial score (nSPS) is 25.0. The number of anilines is 1. The van der Waals surface area contributed by atoms with Gasteiger partial charge in [0.2, 0.25) is 0 Å². The van der Waals surface area contributed by atoms with Crippen molar-refractivity contribution in [2.75, 3.05) is 12.8 Å². The highest BCUT2D eigenvalue weighted by Crippen LogP contribution is 2.35. The number of amides is 1. The van der Waals surface area contributed by atoms with Crippen molar-refractivity contribution in [2.45, 2.75) is 63.8 Å². The van der Waals surface area contributed by atoms with Crippen LogP contribution >= 0.6 is 24.0 Å². The van der Waals surface area contributed by atoms with Crippen LogP contribution in [0.3, 0.4) is 0 Å². The number of halogens is 2. The SMILES string of the molecule is CC#C[C@H](C)Oc1cc(N)c(Cl)cc1C(=O)N[C@H]1CCC2CCC1N2C.Cl. The number of rotatable bonds is 4. The number of nitrogens with one attached hydrogen (secondary N) is 1. The van der Waals surface area contributed by atoms with E-state index in [1.165, 1.54) is 6.42 Å². The third kappa shape index (κ3) is 4.63. The van der Waals surface area contributed by atoms with E-state index in [4.69, 9.17) is 22.1 Å². The molecule has 5 nitrogen and oxygen atoms in total. The monoisotopic (exact) mass is 411 g/mol. The Bertz CT molecular complexity index is 760. The smallest absolute Gasteiger partial charge is 0.255 e. The molecule has 2 aliphatic heterocycles. The molecular weight excluding hydrogens is 385 g/mol. The first-order valence-electron chi connectivity index (χ1n) is 9.11. The van der Waals surface area contributed by atoms with Gasteiger partial charge in [0.25, 0.3) is 5.91 Å². The molecule has 2 heterocycles. The Morgan fingerprint density at radius 1 is 1.37 bits per heavy atom. The standard InChI is InChI=1S/C20H26ClN3O2.ClH/c1-4-5-12(2)26-19-11-16(22)15(21)10-14(19)20(25)23-17-8-6-13-7-9-18(17)24(13)3;/h10-13,17-18H,6-9,22H2,1-3H3,(H,23,25);1H/t12-,13?,17-,18?;/m0./s1. The molecule has 1 amide bonds. The quantitative estimate of drug-likeness (QED) is 0.587. The van der Waals surface area contributed by atoms with E-state index in [1.54, 1.807) is 19.1 Å². The number of benzene rings is 1. The number of hydrogen-bond donors (Lipinski definition) is 2. The number of likely N-dealkylation sites (N-methyl/N-ethyl adjacent to an activating group) is 1. The summed E-state index contributed by atoms with van der Waals surface area (Å²) in [7, 11) is 2.15. The summed E-state index contributed by atoms with van der Waals surface area (Å²) in [6.45, 7) is 3.58. The lowest BCUT2D eigenvalue weighted by Crippen LogP contribution is -2.52. The summed E-state index contributed by atoms with van der Waals surface area (Å²) >= 11 is 6.16. The van der Waals surface area contributed by atoms with Crippen molar-refractivity contribution in [2.24, 2.45) is 0 Å². The second-order valence-electron chi connectivity index (χ2n) is 7.15. The number of fused-ring (bicyclic) bond motifs is 2. The number of carbonyl (C=O) groups excluding carboxylic acids is 1. The second-order valence-corrected chi connectivity index (χ2v) is 7.55. The van der Waals surface area contributed by atoms with E-state index >= 15 is 0 Å². The van der Waals surface area contributed by atoms with Crippen LogP contribution in [0, 0.1) is 11.8 Å². The predicted octanol–water partition coefficient (Wildman–Crippen LogP) is 3.49. The minimum atomic E-state index is -0.344. The number of ether oxygens (including phenoxy) is 1. The first-order valence-corrected chi connectivity index (χ1v) is 9.49. The van der Waals surface area contributed by atoms with Gasteiger partial charge in [-0.05, 0) is 52.6 Å². The number of nitrogens with zero attached hydrogens (tertiary/aromatic N) is 1. The minimum absolute atomic E-state index is 0. The van der Waals surface area contributed by atoms with Gasteiger partial charge in [0.15, 0.2) is 6.10 Å². The third-order valence-electron chi connectivity index (χ3n) is 5.48. The Hall–Kier alpha value is -1.61. The average molecular weight is 412 g/mol. The van der Waals surface area contributed by atoms with Crippen LogP contribution in [0.5, 0.6) is 5.75 Å². The van der Waals surface area contributed by atoms with Crippen molar-refractivity contribution in [3.05, 3.63) is 22.7 Å². The van der Waals surface area contributed by atoms with Crippen molar-refractivity contribution < 1.29 is 9.53 Å². The zero-order chi connectivity index (χ0) is 18.8. The lowest BCUT2D eigenvalue weighted by Gasteiger charge is -2.37. The summed E-state index contributed by atoms with van der Waals surface area (Å²) in [5.74, 6) is 5.96. The summed E-state index contributed by atoms with van der Waals surface area (Å²) in [5.41, 5.74) is 6.68. The van der Waals surface area contributed by atoms with Crippen LogP contribution in [-0.2, 0) is 0 Å². The highest BCUT2D eigenvalue weighted by atomic mass is 35.5. The Balaban J connectivity index is 0.00000261. The first kappa shape index (κ1) is 21.7. The van der Waals surface area contributed by atoms with Crippen LogP contribution in [0.15, 0.2) is 12.1 Å². The number of carbonyl (C=O) groups is 1. The van der Waals surface area contributed by atoms with E-state index in [0.717, 1.165) is 19.3 Å². The highest BCUT2D eigenvalue weighted by molar-refractivity contribution is 6.33. The average Bonchev–Trinajstić information content (AvgIpc) is 2.82. The van der Waals surface area contributed by atoms with E-state index in [-0.39, 0.29) is 30.5 Å². The molecule has 2 bridgehead atoms. The lowest BCUT2D eigenvalue weighted by molar-refractivity contribution is 0.0851. The van der Waals surface area contributed by atoms with Gasteiger partial charge in [-0.25, -0.2) is 0 Å². The molecule has 1 aromatic carbocycles. The summed E-state index contributed by atoms with van der Waals surface area (Å²) < 4.78 is 5.83. The van der Waals surface area contributed by atoms with E-state index in [2.05, 4.69) is 29.1 Å². The number of nitrogens with two attached hydrogens (primary N) is 1. The fourth-order valence-corrected chi connectivity index (χ4v) is 4.28. The first-order chi connectivity index (χ1) is 12.4. The van der Waals surface area contributed by atoms with Gasteiger partial charge in [0, 0.05) is 24.2 Å². The van der Waals surface area contributed by atoms with Gasteiger partial charge < -0.3 is 15.8 Å². The molecule has 0 aliphatic carbocycles. The molecule has 2 aliphatic rings. The number of piperidine rings is 1. The van der Waals surface area contributed by atoms with Gasteiger partial charge in [0.1, 0.15) is 5.75 Å². The molecule has 27 heavy (non-hydrogen) atoms. The molecule has 2 saturated heterocycles. The summed E-state index contributed by atoms with van der Waals surface area (Å²) in [6, 6.07) is 4.38. The van der Waals surface area contributed by atoms with Crippen LogP contribution in [-0.4, -0.2) is 42.1 Å². The molecule has 0 spiro atoms. The van der Waals surface area contributed by atoms with Crippen molar-refractivity contribution in [3.63, 3.8) is 0 Å². The Morgan fingerprint density at radius 3 is 2.78 bits per heavy atom. The third-order valence-corrected chi connectivity index (χ3v) is 5.81. The molecule has 4 atom stereocenters. The van der Waals surface area contributed by atoms with Gasteiger partial charge in [-0.2, -0.15) is 0 Å². The van der Waals surface area contributed by atoms with Gasteiger partial charge in [-0.1, -0.05) is 17.5 Å². The van der Waals surface area contributed by atoms with E-state index in [9.17, 15) is 4.79 Å². The van der Waals surface area contributed by atoms with Gasteiger partial charge >= 0.3 is 0 Å². The van der Waals surface area contributed by atoms with Gasteiger partial charge in [0.05, 0.1) is 16.3 Å². The van der Waals surface area contributed by atoms with Crippen LogP contribution in [0.1, 0.15) is 49.9 Å². The van der Waals surface area contributed by atoms with E-state index < -0.39 is 0 Å². The second kappa shape index (κ2) is 9.05. The molecule has 0 saturated carbocycles. The maximum atomic E-state index is 13.0. The molecule has 2 unspecified atom stereocenters. The zero-order valence-corrected chi connectivity index (χ0v) is 17.5. The Kier molecular flexibility index (Phi) is 7.27. The molecule has 148 valence electrons. The maximum Gasteiger partial charge on any atom is 0.255 e. The van der Waals surface area contributed by atoms with Gasteiger partial charge in [-0.3, -0.25) is 9.69 Å². The van der Waals surface area contributed by atoms with Crippen LogP contribution in [0.4, 0.5) is 5.69 Å². The summed E-state index contributed by atoms with van der Waals surface area (Å²) in [6.07, 6.45) is 4.11. The Morgan fingerprint density at radius 2 is 2.07 bits per heavy atom. The number of nitrogen functional groups attached to an aromatic ring is 1. The molecule has 2 fully saturated rings. The fourth-order valence-electron chi connectivity index (χ4n) is 4.12. The lowest BCUT2D eigenvalue weighted by atomic mass is 9.97. The highest BCUT2D eigenvalue weighted by Gasteiger charge is 2.40. The van der Waals surface area contributed by atoms with E-state index in [1.807, 2.05) is 6.92 Å². The molecule has 7 heteroatoms. The van der Waals surface area contributed by atoms with Crippen LogP contribution < -0.4 is 15.8 Å². The largest absolute Gasteiger partial charge is 0.477 e. The zero-order valence-electron chi connectivity index (χ0n) is 15.9. The number of hydrogen-bond acceptors (Lipinski definition) is 4. The minimum Gasteiger partial charge on any atom is -0.477 e. The summed E-state index contributed by atoms with van der Waals surface area (Å²) in [4.78, 5) is 15.4. The molecule has 0 aromatic heterocycles. The molecule has 1 aromatic rings. The summed E-state index contributed by atoms with van der Waals surface area (Å²) in [5, 5.41) is 3.54. The van der Waals surface area contributed by atoms with Crippen LogP contribution in [0.25, 0.3) is 0 Å². The van der Waals surface area contributed by atoms with E-state index in [0.29, 0.717) is 34.1 Å². The maximum absolute atomic E-state index is 13.0. The Labute approximate surface area is 172 Å². The molecule has 3 rings (SSSR count). The van der Waals surface area contributed by atoms with Crippen molar-refractivity contribution >= 4 is 35.6 Å².